The molecule has 0 aliphatic heterocycles. The number of fused-ring (bicyclic) bond motifs is 1. The molecule has 8 heteroatoms. The van der Waals surface area contributed by atoms with Gasteiger partial charge in [0.05, 0.1) is 9.13 Å². The Hall–Kier alpha value is -2.41. The monoisotopic (exact) mass is 575 g/mol. The predicted octanol–water partition coefficient (Wildman–Crippen LogP) is 6.79. The molecule has 1 amide bonds. The maximum absolute atomic E-state index is 13.2. The highest BCUT2D eigenvalue weighted by molar-refractivity contribution is 14.1. The molecule has 2 aromatic carbocycles. The number of rotatable bonds is 6. The van der Waals surface area contributed by atoms with Crippen molar-refractivity contribution >= 4 is 68.3 Å². The molecule has 1 N–H and O–H groups in total. The number of amides is 1. The Labute approximate surface area is 209 Å². The minimum Gasteiger partial charge on any atom is -0.477 e. The van der Waals surface area contributed by atoms with Crippen molar-refractivity contribution in [1.82, 2.24) is 0 Å². The minimum atomic E-state index is -0.149. The van der Waals surface area contributed by atoms with E-state index in [1.807, 2.05) is 36.4 Å². The molecular formula is C24H19ClIN3O2S. The number of hydrogen-bond donors (Lipinski definition) is 1. The fraction of sp³-hybridized carbons (Fsp3) is 0.208. The van der Waals surface area contributed by atoms with Gasteiger partial charge in [-0.25, -0.2) is 4.99 Å². The third-order valence-corrected chi connectivity index (χ3v) is 7.27. The molecule has 0 fully saturated rings. The lowest BCUT2D eigenvalue weighted by molar-refractivity contribution is 0.102. The van der Waals surface area contributed by atoms with E-state index >= 15 is 0 Å². The molecule has 3 aromatic rings. The first-order valence-electron chi connectivity index (χ1n) is 10.1. The summed E-state index contributed by atoms with van der Waals surface area (Å²) in [4.78, 5) is 19.2. The number of nitrogens with zero attached hydrogens (tertiary/aromatic N) is 2. The van der Waals surface area contributed by atoms with Crippen LogP contribution in [-0.4, -0.2) is 18.7 Å². The van der Waals surface area contributed by atoms with Gasteiger partial charge in [-0.2, -0.15) is 5.26 Å². The molecule has 0 saturated heterocycles. The molecule has 5 nitrogen and oxygen atoms in total. The highest BCUT2D eigenvalue weighted by Crippen LogP contribution is 2.40. The third kappa shape index (κ3) is 5.14. The molecule has 0 radical (unpaired) electrons. The van der Waals surface area contributed by atoms with Crippen molar-refractivity contribution in [3.8, 4) is 11.8 Å². The molecule has 1 aromatic heterocycles. The van der Waals surface area contributed by atoms with E-state index < -0.39 is 0 Å². The zero-order chi connectivity index (χ0) is 22.5. The van der Waals surface area contributed by atoms with Gasteiger partial charge >= 0.3 is 0 Å². The van der Waals surface area contributed by atoms with Gasteiger partial charge in [0.25, 0.3) is 5.91 Å². The molecule has 32 heavy (non-hydrogen) atoms. The zero-order valence-corrected chi connectivity index (χ0v) is 20.8. The molecule has 1 aliphatic carbocycles. The number of anilines is 1. The summed E-state index contributed by atoms with van der Waals surface area (Å²) in [6.07, 6.45) is 5.70. The van der Waals surface area contributed by atoms with Crippen molar-refractivity contribution in [3.05, 3.63) is 72.6 Å². The summed E-state index contributed by atoms with van der Waals surface area (Å²) in [6, 6.07) is 14.9. The Balaban J connectivity index is 1.72. The lowest BCUT2D eigenvalue weighted by Crippen LogP contribution is -2.14. The first-order chi connectivity index (χ1) is 15.6. The molecule has 162 valence electrons. The Morgan fingerprint density at radius 1 is 1.28 bits per heavy atom. The zero-order valence-electron chi connectivity index (χ0n) is 17.0. The van der Waals surface area contributed by atoms with Gasteiger partial charge in [0.2, 0.25) is 0 Å². The van der Waals surface area contributed by atoms with Gasteiger partial charge in [-0.1, -0.05) is 29.8 Å². The molecule has 0 atom stereocenters. The van der Waals surface area contributed by atoms with Crippen LogP contribution in [-0.2, 0) is 12.8 Å². The molecule has 0 unspecified atom stereocenters. The lowest BCUT2D eigenvalue weighted by Gasteiger charge is -2.13. The molecule has 4 rings (SSSR count). The smallest absolute Gasteiger partial charge is 0.259 e. The van der Waals surface area contributed by atoms with Crippen LogP contribution in [0, 0.1) is 14.9 Å². The molecule has 1 aliphatic rings. The number of hydrogen-bond acceptors (Lipinski definition) is 5. The summed E-state index contributed by atoms with van der Waals surface area (Å²) < 4.78 is 6.40. The summed E-state index contributed by atoms with van der Waals surface area (Å²) in [5, 5.41) is 13.1. The topological polar surface area (TPSA) is 74.5 Å². The second-order valence-corrected chi connectivity index (χ2v) is 9.90. The standard InChI is InChI=1S/C24H19ClIN3O2S/c25-16-12-15(22(19(26)13-16)31-11-10-27)14-28-24-21(18-8-4-5-9-20(18)32-24)23(30)29-17-6-2-1-3-7-17/h1-3,6-7,12-14H,4-5,8-9,11H2,(H,29,30). The van der Waals surface area contributed by atoms with Gasteiger partial charge in [0.1, 0.15) is 16.8 Å². The maximum atomic E-state index is 13.2. The Bertz CT molecular complexity index is 1220. The average molecular weight is 576 g/mol. The molecule has 0 bridgehead atoms. The summed E-state index contributed by atoms with van der Waals surface area (Å²) in [5.41, 5.74) is 3.15. The first-order valence-corrected chi connectivity index (χ1v) is 12.4. The normalized spacial score (nSPS) is 12.9. The second kappa shape index (κ2) is 10.5. The van der Waals surface area contributed by atoms with Crippen molar-refractivity contribution in [2.45, 2.75) is 25.7 Å². The van der Waals surface area contributed by atoms with Crippen LogP contribution in [0.4, 0.5) is 10.7 Å². The van der Waals surface area contributed by atoms with Gasteiger partial charge in [0, 0.05) is 27.4 Å². The Morgan fingerprint density at radius 2 is 2.06 bits per heavy atom. The number of thiophene rings is 1. The van der Waals surface area contributed by atoms with E-state index in [2.05, 4.69) is 27.9 Å². The number of nitriles is 1. The summed E-state index contributed by atoms with van der Waals surface area (Å²) in [5.74, 6) is 0.404. The van der Waals surface area contributed by atoms with E-state index in [0.29, 0.717) is 26.9 Å². The van der Waals surface area contributed by atoms with Crippen molar-refractivity contribution in [3.63, 3.8) is 0 Å². The average Bonchev–Trinajstić information content (AvgIpc) is 3.16. The Morgan fingerprint density at radius 3 is 2.84 bits per heavy atom. The number of nitrogens with one attached hydrogen (secondary N) is 1. The number of para-hydroxylation sites is 1. The number of halogens is 2. The molecular weight excluding hydrogens is 557 g/mol. The van der Waals surface area contributed by atoms with Crippen molar-refractivity contribution < 1.29 is 9.53 Å². The quantitative estimate of drug-likeness (QED) is 0.260. The predicted molar refractivity (Wildman–Crippen MR) is 138 cm³/mol. The first kappa shape index (κ1) is 22.8. The van der Waals surface area contributed by atoms with Crippen LogP contribution in [0.1, 0.15) is 39.2 Å². The number of carbonyl (C=O) groups excluding carboxylic acids is 1. The van der Waals surface area contributed by atoms with E-state index in [1.165, 1.54) is 4.88 Å². The molecule has 1 heterocycles. The van der Waals surface area contributed by atoms with Gasteiger partial charge in [0.15, 0.2) is 6.61 Å². The highest BCUT2D eigenvalue weighted by atomic mass is 127. The molecule has 0 spiro atoms. The van der Waals surface area contributed by atoms with Gasteiger partial charge < -0.3 is 10.1 Å². The number of ether oxygens (including phenoxy) is 1. The van der Waals surface area contributed by atoms with Crippen LogP contribution < -0.4 is 10.1 Å². The summed E-state index contributed by atoms with van der Waals surface area (Å²) >= 11 is 9.93. The number of carbonyl (C=O) groups is 1. The lowest BCUT2D eigenvalue weighted by atomic mass is 9.95. The number of benzene rings is 2. The minimum absolute atomic E-state index is 0.0729. The largest absolute Gasteiger partial charge is 0.477 e. The second-order valence-electron chi connectivity index (χ2n) is 7.22. The third-order valence-electron chi connectivity index (χ3n) is 5.05. The molecule has 0 saturated carbocycles. The number of aryl methyl sites for hydroxylation is 1. The fourth-order valence-corrected chi connectivity index (χ4v) is 6.10. The van der Waals surface area contributed by atoms with E-state index in [-0.39, 0.29) is 12.5 Å². The highest BCUT2D eigenvalue weighted by Gasteiger charge is 2.25. The van der Waals surface area contributed by atoms with E-state index in [0.717, 1.165) is 40.5 Å². The fourth-order valence-electron chi connectivity index (χ4n) is 3.65. The SMILES string of the molecule is N#CCOc1c(I)cc(Cl)cc1C=Nc1sc2c(c1C(=O)Nc1ccccc1)CCCC2. The Kier molecular flexibility index (Phi) is 7.45. The van der Waals surface area contributed by atoms with E-state index in [1.54, 1.807) is 29.7 Å². The van der Waals surface area contributed by atoms with Crippen molar-refractivity contribution in [2.24, 2.45) is 4.99 Å². The summed E-state index contributed by atoms with van der Waals surface area (Å²) in [6.45, 7) is -0.0729. The van der Waals surface area contributed by atoms with Crippen LogP contribution in [0.5, 0.6) is 5.75 Å². The van der Waals surface area contributed by atoms with Gasteiger partial charge in [-0.3, -0.25) is 4.79 Å². The van der Waals surface area contributed by atoms with Crippen LogP contribution in [0.25, 0.3) is 0 Å². The van der Waals surface area contributed by atoms with Crippen LogP contribution in [0.15, 0.2) is 47.5 Å². The summed E-state index contributed by atoms with van der Waals surface area (Å²) in [7, 11) is 0. The van der Waals surface area contributed by atoms with Crippen LogP contribution in [0.3, 0.4) is 0 Å². The van der Waals surface area contributed by atoms with Crippen LogP contribution in [0.2, 0.25) is 5.02 Å². The maximum Gasteiger partial charge on any atom is 0.259 e. The van der Waals surface area contributed by atoms with Gasteiger partial charge in [-0.15, -0.1) is 11.3 Å². The van der Waals surface area contributed by atoms with Crippen molar-refractivity contribution in [1.29, 1.82) is 5.26 Å². The number of aliphatic imine (C=N–C) groups is 1. The van der Waals surface area contributed by atoms with Gasteiger partial charge in [-0.05, 0) is 78.1 Å². The van der Waals surface area contributed by atoms with Crippen LogP contribution >= 0.6 is 45.5 Å². The van der Waals surface area contributed by atoms with E-state index in [4.69, 9.17) is 26.6 Å². The van der Waals surface area contributed by atoms with E-state index in [9.17, 15) is 4.79 Å². The van der Waals surface area contributed by atoms with Crippen molar-refractivity contribution in [2.75, 3.05) is 11.9 Å².